The summed E-state index contributed by atoms with van der Waals surface area (Å²) in [5.41, 5.74) is 3.29. The van der Waals surface area contributed by atoms with Crippen molar-refractivity contribution >= 4 is 34.2 Å². The van der Waals surface area contributed by atoms with E-state index < -0.39 is 34.2 Å². The van der Waals surface area contributed by atoms with E-state index in [1.165, 1.54) is 51.4 Å². The van der Waals surface area contributed by atoms with Crippen LogP contribution >= 0.6 is 0 Å². The first-order valence-corrected chi connectivity index (χ1v) is 23.2. The summed E-state index contributed by atoms with van der Waals surface area (Å²) >= 11 is 0. The lowest BCUT2D eigenvalue weighted by atomic mass is 9.92. The maximum Gasteiger partial charge on any atom is 0.341 e. The highest BCUT2D eigenvalue weighted by atomic mass is 28.5. The smallest absolute Gasteiger partial charge is 0.341 e. The Bertz CT molecular complexity index is 798. The first-order valence-electron chi connectivity index (χ1n) is 12.9. The van der Waals surface area contributed by atoms with Crippen molar-refractivity contribution in [3.05, 3.63) is 23.3 Å². The molecule has 4 atom stereocenters. The van der Waals surface area contributed by atoms with Crippen molar-refractivity contribution in [1.29, 1.82) is 0 Å². The third kappa shape index (κ3) is 3.31. The molecule has 4 aliphatic carbocycles. The summed E-state index contributed by atoms with van der Waals surface area (Å²) in [6.07, 6.45) is 15.0. The van der Waals surface area contributed by atoms with Crippen LogP contribution in [0.5, 0.6) is 0 Å². The minimum atomic E-state index is -2.86. The fourth-order valence-corrected chi connectivity index (χ4v) is 33.5. The zero-order chi connectivity index (χ0) is 23.2. The Labute approximate surface area is 200 Å². The first-order chi connectivity index (χ1) is 14.8. The highest BCUT2D eigenvalue weighted by Gasteiger charge is 2.78. The zero-order valence-corrected chi connectivity index (χ0v) is 25.6. The van der Waals surface area contributed by atoms with Gasteiger partial charge in [-0.3, -0.25) is 0 Å². The minimum Gasteiger partial charge on any atom is -0.416 e. The molecule has 0 N–H and O–H groups in total. The van der Waals surface area contributed by atoms with Crippen LogP contribution in [-0.2, 0) is 16.5 Å². The van der Waals surface area contributed by atoms with Crippen LogP contribution in [0.4, 0.5) is 0 Å². The van der Waals surface area contributed by atoms with E-state index in [2.05, 4.69) is 65.3 Å². The molecule has 180 valence electrons. The van der Waals surface area contributed by atoms with E-state index in [1.54, 1.807) is 11.1 Å². The minimum absolute atomic E-state index is 0.0875. The molecule has 0 radical (unpaired) electrons. The van der Waals surface area contributed by atoms with Crippen molar-refractivity contribution < 1.29 is 16.5 Å². The van der Waals surface area contributed by atoms with Crippen molar-refractivity contribution in [1.82, 2.24) is 0 Å². The third-order valence-electron chi connectivity index (χ3n) is 9.20. The standard InChI is InChI=1S/C24H44O4Si4/c1-9-21-15-19-11-13-23(21,17-19)32(24-14-12-20(18-24)16-22(24)10-2)27-30(5,6)25-29(3,4)26-31(7,8)28-32/h9-10,19-20H,11-18H2,1-8H3. The fraction of sp³-hybridized carbons (Fsp3) is 0.833. The molecule has 0 aromatic carbocycles. The van der Waals surface area contributed by atoms with Gasteiger partial charge in [-0.2, -0.15) is 0 Å². The maximum atomic E-state index is 7.75. The zero-order valence-electron chi connectivity index (χ0n) is 21.6. The molecular formula is C24H44O4Si4. The maximum absolute atomic E-state index is 7.75. The second-order valence-electron chi connectivity index (χ2n) is 12.6. The second kappa shape index (κ2) is 7.35. The molecule has 8 heteroatoms. The van der Waals surface area contributed by atoms with Crippen LogP contribution in [-0.4, -0.2) is 34.2 Å². The average Bonchev–Trinajstić information content (AvgIpc) is 3.42. The lowest BCUT2D eigenvalue weighted by molar-refractivity contribution is 0.193. The summed E-state index contributed by atoms with van der Waals surface area (Å²) in [5.74, 6) is 1.60. The molecule has 4 bridgehead atoms. The van der Waals surface area contributed by atoms with Gasteiger partial charge in [-0.1, -0.05) is 23.3 Å². The molecule has 0 amide bonds. The van der Waals surface area contributed by atoms with Crippen LogP contribution in [0, 0.1) is 11.8 Å². The Balaban J connectivity index is 1.78. The summed E-state index contributed by atoms with van der Waals surface area (Å²) in [4.78, 5) is 0. The van der Waals surface area contributed by atoms with Crippen molar-refractivity contribution in [2.24, 2.45) is 11.8 Å². The Kier molecular flexibility index (Phi) is 5.49. The van der Waals surface area contributed by atoms with Gasteiger partial charge in [0.1, 0.15) is 0 Å². The van der Waals surface area contributed by atoms with E-state index in [-0.39, 0.29) is 10.1 Å². The van der Waals surface area contributed by atoms with E-state index in [9.17, 15) is 0 Å². The van der Waals surface area contributed by atoms with E-state index in [0.29, 0.717) is 0 Å². The largest absolute Gasteiger partial charge is 0.416 e. The van der Waals surface area contributed by atoms with Crippen molar-refractivity contribution in [2.75, 3.05) is 0 Å². The molecule has 32 heavy (non-hydrogen) atoms. The van der Waals surface area contributed by atoms with Crippen LogP contribution in [0.15, 0.2) is 23.3 Å². The molecular weight excluding hydrogens is 465 g/mol. The van der Waals surface area contributed by atoms with Gasteiger partial charge < -0.3 is 16.5 Å². The molecule has 5 aliphatic rings. The molecule has 4 saturated carbocycles. The van der Waals surface area contributed by atoms with Gasteiger partial charge in [0.25, 0.3) is 0 Å². The number of hydrogen-bond donors (Lipinski definition) is 0. The topological polar surface area (TPSA) is 36.9 Å². The summed E-state index contributed by atoms with van der Waals surface area (Å²) in [7, 11) is -10.1. The Morgan fingerprint density at radius 3 is 1.38 bits per heavy atom. The normalized spacial score (nSPS) is 46.0. The van der Waals surface area contributed by atoms with Gasteiger partial charge in [-0.25, -0.2) is 0 Å². The summed E-state index contributed by atoms with van der Waals surface area (Å²) in [5, 5.41) is 0.175. The fourth-order valence-electron chi connectivity index (χ4n) is 8.86. The molecule has 5 fully saturated rings. The van der Waals surface area contributed by atoms with Gasteiger partial charge in [0.15, 0.2) is 0 Å². The molecule has 4 unspecified atom stereocenters. The van der Waals surface area contributed by atoms with Crippen LogP contribution in [0.25, 0.3) is 0 Å². The second-order valence-corrected chi connectivity index (χ2v) is 27.5. The Morgan fingerprint density at radius 1 is 0.656 bits per heavy atom. The highest BCUT2D eigenvalue weighted by Crippen LogP contribution is 2.79. The van der Waals surface area contributed by atoms with E-state index in [4.69, 9.17) is 16.5 Å². The average molecular weight is 509 g/mol. The van der Waals surface area contributed by atoms with Crippen molar-refractivity contribution in [3.8, 4) is 0 Å². The van der Waals surface area contributed by atoms with Crippen molar-refractivity contribution in [3.63, 3.8) is 0 Å². The number of hydrogen-bond acceptors (Lipinski definition) is 4. The van der Waals surface area contributed by atoms with Gasteiger partial charge in [-0.15, -0.1) is 0 Å². The van der Waals surface area contributed by atoms with Gasteiger partial charge in [-0.05, 0) is 116 Å². The van der Waals surface area contributed by atoms with Crippen LogP contribution in [0.3, 0.4) is 0 Å². The third-order valence-corrected chi connectivity index (χ3v) is 27.4. The van der Waals surface area contributed by atoms with Gasteiger partial charge >= 0.3 is 34.2 Å². The van der Waals surface area contributed by atoms with E-state index in [1.807, 2.05) is 0 Å². The number of fused-ring (bicyclic) bond motifs is 4. The highest BCUT2D eigenvalue weighted by molar-refractivity contribution is 6.95. The summed E-state index contributed by atoms with van der Waals surface area (Å²) in [6, 6.07) is 0. The molecule has 0 aromatic rings. The predicted octanol–water partition coefficient (Wildman–Crippen LogP) is 7.40. The predicted molar refractivity (Wildman–Crippen MR) is 139 cm³/mol. The van der Waals surface area contributed by atoms with Gasteiger partial charge in [0.05, 0.1) is 0 Å². The molecule has 4 nitrogen and oxygen atoms in total. The molecule has 0 spiro atoms. The molecule has 0 aromatic heterocycles. The van der Waals surface area contributed by atoms with Gasteiger partial charge in [0, 0.05) is 10.1 Å². The monoisotopic (exact) mass is 508 g/mol. The summed E-state index contributed by atoms with van der Waals surface area (Å²) in [6.45, 7) is 18.0. The first kappa shape index (κ1) is 23.9. The SMILES string of the molecule is CC=C1CC2CCC1([Si]1(C34CCC(CC3=CC)C4)O[Si](C)(C)O[Si](C)(C)O[Si](C)(C)O1)C2. The van der Waals surface area contributed by atoms with Crippen molar-refractivity contribution in [2.45, 2.75) is 115 Å². The lowest BCUT2D eigenvalue weighted by Crippen LogP contribution is -2.73. The van der Waals surface area contributed by atoms with Gasteiger partial charge in [0.2, 0.25) is 0 Å². The van der Waals surface area contributed by atoms with E-state index in [0.717, 1.165) is 11.8 Å². The van der Waals surface area contributed by atoms with Crippen LogP contribution in [0.2, 0.25) is 49.4 Å². The number of rotatable bonds is 2. The quantitative estimate of drug-likeness (QED) is 0.288. The summed E-state index contributed by atoms with van der Waals surface area (Å²) < 4.78 is 29.3. The molecule has 1 heterocycles. The van der Waals surface area contributed by atoms with Crippen LogP contribution < -0.4 is 0 Å². The number of allylic oxidation sites excluding steroid dienone is 4. The molecule has 1 aliphatic heterocycles. The molecule has 1 saturated heterocycles. The lowest BCUT2D eigenvalue weighted by Gasteiger charge is -2.61. The van der Waals surface area contributed by atoms with Crippen LogP contribution in [0.1, 0.15) is 65.2 Å². The Hall–Kier alpha value is 0.188. The van der Waals surface area contributed by atoms with E-state index >= 15 is 0 Å². The Morgan fingerprint density at radius 2 is 1.03 bits per heavy atom. The molecule has 5 rings (SSSR count).